The number of hydrogen-bond acceptors (Lipinski definition) is 4. The van der Waals surface area contributed by atoms with Crippen molar-refractivity contribution < 1.29 is 9.59 Å². The quantitative estimate of drug-likeness (QED) is 0.691. The Labute approximate surface area is 198 Å². The number of urea groups is 1. The van der Waals surface area contributed by atoms with E-state index in [0.717, 1.165) is 17.6 Å². The van der Waals surface area contributed by atoms with Gasteiger partial charge in [0.05, 0.1) is 0 Å². The average Bonchev–Trinajstić information content (AvgIpc) is 3.13. The van der Waals surface area contributed by atoms with Gasteiger partial charge in [0.2, 0.25) is 5.91 Å². The lowest BCUT2D eigenvalue weighted by Crippen LogP contribution is -2.56. The third kappa shape index (κ3) is 5.92. The molecule has 1 aromatic carbocycles. The second-order valence-electron chi connectivity index (χ2n) is 9.25. The van der Waals surface area contributed by atoms with Crippen molar-refractivity contribution in [2.75, 3.05) is 25.5 Å². The van der Waals surface area contributed by atoms with Gasteiger partial charge < -0.3 is 20.1 Å². The van der Waals surface area contributed by atoms with E-state index in [4.69, 9.17) is 11.6 Å². The summed E-state index contributed by atoms with van der Waals surface area (Å²) >= 11 is 7.62. The first-order valence-corrected chi connectivity index (χ1v) is 12.0. The standard InChI is InChI=1S/C23H32ClN5O2S/c1-23(2,3)19(27-21(31)26-17-8-6-16(24)7-9-17)20(30)29-12-10-15(11-13-29)18-14-28(5)22(25-4)32-18/h6-9,14-15,19H,10-13H2,1-5H3,(H2,26,27,31)/b25-22-/t19-/m0/s1. The molecule has 2 heterocycles. The number of hydrogen-bond donors (Lipinski definition) is 2. The predicted molar refractivity (Wildman–Crippen MR) is 130 cm³/mol. The summed E-state index contributed by atoms with van der Waals surface area (Å²) in [5.41, 5.74) is 0.194. The van der Waals surface area contributed by atoms with Crippen LogP contribution in [0, 0.1) is 5.41 Å². The number of aromatic nitrogens is 1. The molecule has 1 aliphatic rings. The maximum atomic E-state index is 13.4. The van der Waals surface area contributed by atoms with Crippen molar-refractivity contribution in [3.63, 3.8) is 0 Å². The molecular weight excluding hydrogens is 446 g/mol. The maximum Gasteiger partial charge on any atom is 0.319 e. The average molecular weight is 478 g/mol. The van der Waals surface area contributed by atoms with Crippen LogP contribution in [0.2, 0.25) is 5.02 Å². The highest BCUT2D eigenvalue weighted by atomic mass is 35.5. The van der Waals surface area contributed by atoms with Gasteiger partial charge in [0, 0.05) is 49.0 Å². The summed E-state index contributed by atoms with van der Waals surface area (Å²) < 4.78 is 2.05. The summed E-state index contributed by atoms with van der Waals surface area (Å²) in [6.07, 6.45) is 3.96. The molecule has 1 aliphatic heterocycles. The Balaban J connectivity index is 1.63. The van der Waals surface area contributed by atoms with Gasteiger partial charge in [-0.2, -0.15) is 0 Å². The smallest absolute Gasteiger partial charge is 0.319 e. The van der Waals surface area contributed by atoms with E-state index < -0.39 is 17.5 Å². The number of benzene rings is 1. The number of thiazole rings is 1. The van der Waals surface area contributed by atoms with Crippen LogP contribution >= 0.6 is 22.9 Å². The molecule has 0 radical (unpaired) electrons. The fourth-order valence-corrected chi connectivity index (χ4v) is 5.13. The first kappa shape index (κ1) is 24.3. The van der Waals surface area contributed by atoms with Gasteiger partial charge in [-0.15, -0.1) is 11.3 Å². The van der Waals surface area contributed by atoms with Gasteiger partial charge in [0.15, 0.2) is 4.80 Å². The van der Waals surface area contributed by atoms with Crippen molar-refractivity contribution >= 4 is 40.6 Å². The summed E-state index contributed by atoms with van der Waals surface area (Å²) in [7, 11) is 3.81. The molecule has 0 bridgehead atoms. The highest BCUT2D eigenvalue weighted by Crippen LogP contribution is 2.31. The van der Waals surface area contributed by atoms with Crippen LogP contribution in [-0.2, 0) is 11.8 Å². The molecule has 2 aromatic rings. The van der Waals surface area contributed by atoms with Gasteiger partial charge in [-0.05, 0) is 48.4 Å². The summed E-state index contributed by atoms with van der Waals surface area (Å²) in [6.45, 7) is 7.25. The van der Waals surface area contributed by atoms with Gasteiger partial charge >= 0.3 is 6.03 Å². The molecule has 1 saturated heterocycles. The molecule has 9 heteroatoms. The SMILES string of the molecule is C/N=c1\sc(C2CCN(C(=O)[C@H](NC(=O)Nc3ccc(Cl)cc3)C(C)(C)C)CC2)cn1C. The normalized spacial score (nSPS) is 16.7. The molecule has 0 unspecified atom stereocenters. The topological polar surface area (TPSA) is 78.7 Å². The molecule has 1 atom stereocenters. The number of halogens is 1. The molecule has 3 rings (SSSR count). The van der Waals surface area contributed by atoms with Crippen LogP contribution in [0.15, 0.2) is 35.5 Å². The Hall–Kier alpha value is -2.32. The van der Waals surface area contributed by atoms with E-state index in [0.29, 0.717) is 29.7 Å². The number of amides is 3. The molecule has 7 nitrogen and oxygen atoms in total. The highest BCUT2D eigenvalue weighted by molar-refractivity contribution is 7.09. The van der Waals surface area contributed by atoms with Gasteiger partial charge in [-0.1, -0.05) is 32.4 Å². The molecule has 0 spiro atoms. The van der Waals surface area contributed by atoms with Crippen LogP contribution in [0.1, 0.15) is 44.4 Å². The first-order valence-electron chi connectivity index (χ1n) is 10.8. The minimum absolute atomic E-state index is 0.0387. The molecular formula is C23H32ClN5O2S. The van der Waals surface area contributed by atoms with Crippen LogP contribution in [0.3, 0.4) is 0 Å². The van der Waals surface area contributed by atoms with Crippen LogP contribution in [-0.4, -0.2) is 47.6 Å². The predicted octanol–water partition coefficient (Wildman–Crippen LogP) is 4.21. The summed E-state index contributed by atoms with van der Waals surface area (Å²) in [5, 5.41) is 6.27. The van der Waals surface area contributed by atoms with Crippen LogP contribution in [0.25, 0.3) is 0 Å². The zero-order chi connectivity index (χ0) is 23.5. The summed E-state index contributed by atoms with van der Waals surface area (Å²) in [5.74, 6) is 0.392. The van der Waals surface area contributed by atoms with Gasteiger partial charge in [-0.25, -0.2) is 4.79 Å². The summed E-state index contributed by atoms with van der Waals surface area (Å²) in [4.78, 5) is 34.5. The van der Waals surface area contributed by atoms with Crippen molar-refractivity contribution in [2.24, 2.45) is 17.5 Å². The third-order valence-corrected chi connectivity index (χ3v) is 7.30. The van der Waals surface area contributed by atoms with E-state index in [9.17, 15) is 9.59 Å². The van der Waals surface area contributed by atoms with Crippen LogP contribution in [0.5, 0.6) is 0 Å². The van der Waals surface area contributed by atoms with E-state index >= 15 is 0 Å². The second kappa shape index (κ2) is 10.1. The lowest BCUT2D eigenvalue weighted by atomic mass is 9.85. The molecule has 1 aromatic heterocycles. The number of carbonyl (C=O) groups excluding carboxylic acids is 2. The lowest BCUT2D eigenvalue weighted by Gasteiger charge is -2.38. The molecule has 32 heavy (non-hydrogen) atoms. The first-order chi connectivity index (χ1) is 15.1. The Bertz CT molecular complexity index is 1010. The Morgan fingerprint density at radius 2 is 1.81 bits per heavy atom. The van der Waals surface area contributed by atoms with Crippen molar-refractivity contribution in [3.8, 4) is 0 Å². The van der Waals surface area contributed by atoms with Crippen molar-refractivity contribution in [1.29, 1.82) is 0 Å². The minimum Gasteiger partial charge on any atom is -0.341 e. The second-order valence-corrected chi connectivity index (χ2v) is 10.7. The number of anilines is 1. The Morgan fingerprint density at radius 3 is 2.34 bits per heavy atom. The largest absolute Gasteiger partial charge is 0.341 e. The fourth-order valence-electron chi connectivity index (χ4n) is 3.89. The Morgan fingerprint density at radius 1 is 1.19 bits per heavy atom. The number of carbonyl (C=O) groups is 2. The minimum atomic E-state index is -0.628. The summed E-state index contributed by atoms with van der Waals surface area (Å²) in [6, 6.07) is 5.83. The molecule has 0 aliphatic carbocycles. The van der Waals surface area contributed by atoms with Gasteiger partial charge in [0.1, 0.15) is 6.04 Å². The van der Waals surface area contributed by atoms with E-state index in [1.807, 2.05) is 32.7 Å². The zero-order valence-electron chi connectivity index (χ0n) is 19.3. The van der Waals surface area contributed by atoms with Crippen LogP contribution < -0.4 is 15.4 Å². The maximum absolute atomic E-state index is 13.4. The van der Waals surface area contributed by atoms with E-state index in [1.165, 1.54) is 4.88 Å². The van der Waals surface area contributed by atoms with Crippen molar-refractivity contribution in [1.82, 2.24) is 14.8 Å². The molecule has 2 N–H and O–H groups in total. The lowest BCUT2D eigenvalue weighted by molar-refractivity contribution is -0.136. The van der Waals surface area contributed by atoms with Crippen LogP contribution in [0.4, 0.5) is 10.5 Å². The molecule has 1 fully saturated rings. The van der Waals surface area contributed by atoms with Crippen molar-refractivity contribution in [2.45, 2.75) is 45.6 Å². The number of aryl methyl sites for hydroxylation is 1. The monoisotopic (exact) mass is 477 g/mol. The van der Waals surface area contributed by atoms with Gasteiger partial charge in [-0.3, -0.25) is 9.79 Å². The molecule has 3 amide bonds. The Kier molecular flexibility index (Phi) is 7.67. The molecule has 174 valence electrons. The highest BCUT2D eigenvalue weighted by Gasteiger charge is 2.37. The number of rotatable bonds is 4. The fraction of sp³-hybridized carbons (Fsp3) is 0.522. The van der Waals surface area contributed by atoms with Gasteiger partial charge in [0.25, 0.3) is 0 Å². The third-order valence-electron chi connectivity index (χ3n) is 5.72. The van der Waals surface area contributed by atoms with E-state index in [2.05, 4.69) is 26.4 Å². The zero-order valence-corrected chi connectivity index (χ0v) is 20.9. The number of piperidine rings is 1. The number of likely N-dealkylation sites (tertiary alicyclic amines) is 1. The number of nitrogens with one attached hydrogen (secondary N) is 2. The van der Waals surface area contributed by atoms with E-state index in [1.54, 1.807) is 42.6 Å². The molecule has 0 saturated carbocycles. The van der Waals surface area contributed by atoms with Crippen molar-refractivity contribution in [3.05, 3.63) is 45.2 Å². The number of nitrogens with zero attached hydrogens (tertiary/aromatic N) is 3. The van der Waals surface area contributed by atoms with E-state index in [-0.39, 0.29) is 5.91 Å².